The minimum atomic E-state index is -0.551. The van der Waals surface area contributed by atoms with Crippen molar-refractivity contribution in [3.63, 3.8) is 0 Å². The van der Waals surface area contributed by atoms with Gasteiger partial charge in [-0.2, -0.15) is 0 Å². The molecule has 5 heteroatoms. The third-order valence-electron chi connectivity index (χ3n) is 1.71. The minimum absolute atomic E-state index is 0. The molecule has 1 aromatic rings. The quantitative estimate of drug-likeness (QED) is 0.643. The minimum Gasteiger partial charge on any atom is -0.444 e. The molecule has 1 aromatic carbocycles. The van der Waals surface area contributed by atoms with Gasteiger partial charge in [0.15, 0.2) is 0 Å². The summed E-state index contributed by atoms with van der Waals surface area (Å²) in [6.07, 6.45) is -0.551. The first-order valence-corrected chi connectivity index (χ1v) is 4.93. The van der Waals surface area contributed by atoms with Gasteiger partial charge in [0.25, 0.3) is 0 Å². The van der Waals surface area contributed by atoms with Crippen LogP contribution in [0, 0.1) is 0 Å². The van der Waals surface area contributed by atoms with Crippen molar-refractivity contribution in [2.45, 2.75) is 26.4 Å². The summed E-state index contributed by atoms with van der Waals surface area (Å²) in [6, 6.07) is 4.87. The molecule has 0 heterocycles. The zero-order valence-corrected chi connectivity index (χ0v) is 9.70. The molecule has 0 aliphatic heterocycles. The molecule has 0 radical (unpaired) electrons. The second kappa shape index (κ2) is 4.30. The van der Waals surface area contributed by atoms with Crippen LogP contribution >= 0.6 is 0 Å². The van der Waals surface area contributed by atoms with E-state index in [9.17, 15) is 4.79 Å². The predicted octanol–water partition coefficient (Wildman–Crippen LogP) is 2.69. The molecule has 0 aliphatic rings. The average Bonchev–Trinajstić information content (AvgIpc) is 2.08. The van der Waals surface area contributed by atoms with E-state index in [-0.39, 0.29) is 2.85 Å². The standard InChI is InChI=1S/C11H17N3O2.2H2/c1-11(2,3)16-10(15)14-9-6-7(12)4-5-8(9)13;;/h4-6H,12-13H2,1-3H3,(H,14,15);2*1H. The molecule has 1 amide bonds. The van der Waals surface area contributed by atoms with E-state index in [4.69, 9.17) is 16.2 Å². The van der Waals surface area contributed by atoms with Gasteiger partial charge >= 0.3 is 6.09 Å². The number of hydrogen-bond acceptors (Lipinski definition) is 4. The number of rotatable bonds is 1. The summed E-state index contributed by atoms with van der Waals surface area (Å²) in [7, 11) is 0. The molecule has 0 atom stereocenters. The van der Waals surface area contributed by atoms with Crippen LogP contribution in [0.15, 0.2) is 18.2 Å². The van der Waals surface area contributed by atoms with Crippen LogP contribution in [0.25, 0.3) is 0 Å². The van der Waals surface area contributed by atoms with E-state index in [2.05, 4.69) is 5.32 Å². The summed E-state index contributed by atoms with van der Waals surface area (Å²) >= 11 is 0. The molecule has 5 nitrogen and oxygen atoms in total. The highest BCUT2D eigenvalue weighted by Gasteiger charge is 2.16. The lowest BCUT2D eigenvalue weighted by Crippen LogP contribution is -2.27. The maximum absolute atomic E-state index is 11.5. The zero-order valence-electron chi connectivity index (χ0n) is 9.70. The van der Waals surface area contributed by atoms with E-state index in [1.54, 1.807) is 39.0 Å². The van der Waals surface area contributed by atoms with Gasteiger partial charge in [-0.05, 0) is 39.0 Å². The van der Waals surface area contributed by atoms with Gasteiger partial charge in [0, 0.05) is 8.54 Å². The van der Waals surface area contributed by atoms with Gasteiger partial charge in [-0.3, -0.25) is 5.32 Å². The fourth-order valence-corrected chi connectivity index (χ4v) is 1.10. The predicted molar refractivity (Wildman–Crippen MR) is 69.4 cm³/mol. The highest BCUT2D eigenvalue weighted by Crippen LogP contribution is 2.21. The summed E-state index contributed by atoms with van der Waals surface area (Å²) in [6.45, 7) is 5.36. The monoisotopic (exact) mass is 227 g/mol. The Morgan fingerprint density at radius 1 is 1.38 bits per heavy atom. The highest BCUT2D eigenvalue weighted by atomic mass is 16.6. The van der Waals surface area contributed by atoms with Crippen molar-refractivity contribution in [3.8, 4) is 0 Å². The fourth-order valence-electron chi connectivity index (χ4n) is 1.10. The number of carbonyl (C=O) groups is 1. The summed E-state index contributed by atoms with van der Waals surface area (Å²) in [5.74, 6) is 0. The van der Waals surface area contributed by atoms with Gasteiger partial charge in [-0.1, -0.05) is 0 Å². The van der Waals surface area contributed by atoms with Gasteiger partial charge < -0.3 is 16.2 Å². The molecule has 1 rings (SSSR count). The molecular formula is C11H21N3O2. The number of anilines is 3. The van der Waals surface area contributed by atoms with Crippen LogP contribution in [-0.4, -0.2) is 11.7 Å². The number of nitrogens with one attached hydrogen (secondary N) is 1. The van der Waals surface area contributed by atoms with E-state index < -0.39 is 11.7 Å². The van der Waals surface area contributed by atoms with Crippen molar-refractivity contribution < 1.29 is 12.4 Å². The smallest absolute Gasteiger partial charge is 0.412 e. The lowest BCUT2D eigenvalue weighted by molar-refractivity contribution is 0.0636. The maximum atomic E-state index is 11.5. The van der Waals surface area contributed by atoms with Gasteiger partial charge in [-0.15, -0.1) is 0 Å². The topological polar surface area (TPSA) is 90.4 Å². The van der Waals surface area contributed by atoms with Crippen LogP contribution in [0.1, 0.15) is 23.6 Å². The van der Waals surface area contributed by atoms with Crippen molar-refractivity contribution in [2.24, 2.45) is 0 Å². The van der Waals surface area contributed by atoms with Crippen LogP contribution in [0.3, 0.4) is 0 Å². The Morgan fingerprint density at radius 2 is 2.00 bits per heavy atom. The molecule has 5 N–H and O–H groups in total. The zero-order chi connectivity index (χ0) is 12.3. The number of benzene rings is 1. The van der Waals surface area contributed by atoms with Crippen LogP contribution in [0.2, 0.25) is 0 Å². The van der Waals surface area contributed by atoms with Crippen molar-refractivity contribution in [1.82, 2.24) is 0 Å². The third kappa shape index (κ3) is 3.68. The molecule has 0 aliphatic carbocycles. The van der Waals surface area contributed by atoms with Crippen molar-refractivity contribution in [1.29, 1.82) is 0 Å². The van der Waals surface area contributed by atoms with Gasteiger partial charge in [0.05, 0.1) is 11.4 Å². The summed E-state index contributed by atoms with van der Waals surface area (Å²) in [4.78, 5) is 11.5. The van der Waals surface area contributed by atoms with Gasteiger partial charge in [0.2, 0.25) is 0 Å². The molecule has 0 fully saturated rings. The number of nitrogens with two attached hydrogens (primary N) is 2. The number of hydrogen-bond donors (Lipinski definition) is 3. The highest BCUT2D eigenvalue weighted by molar-refractivity contribution is 5.90. The van der Waals surface area contributed by atoms with E-state index >= 15 is 0 Å². The number of ether oxygens (including phenoxy) is 1. The lowest BCUT2D eigenvalue weighted by atomic mass is 10.2. The molecule has 0 saturated carbocycles. The van der Waals surface area contributed by atoms with Gasteiger partial charge in [0.1, 0.15) is 5.60 Å². The first-order chi connectivity index (χ1) is 7.28. The van der Waals surface area contributed by atoms with Crippen LogP contribution < -0.4 is 16.8 Å². The molecular weight excluding hydrogens is 206 g/mol. The van der Waals surface area contributed by atoms with Crippen molar-refractivity contribution >= 4 is 23.2 Å². The average molecular weight is 227 g/mol. The lowest BCUT2D eigenvalue weighted by Gasteiger charge is -2.20. The first-order valence-electron chi connectivity index (χ1n) is 4.93. The molecule has 0 spiro atoms. The van der Waals surface area contributed by atoms with E-state index in [0.717, 1.165) is 0 Å². The van der Waals surface area contributed by atoms with Crippen molar-refractivity contribution in [2.75, 3.05) is 16.8 Å². The number of nitrogen functional groups attached to an aromatic ring is 2. The summed E-state index contributed by atoms with van der Waals surface area (Å²) in [5.41, 5.74) is 12.1. The second-order valence-corrected chi connectivity index (χ2v) is 4.47. The summed E-state index contributed by atoms with van der Waals surface area (Å²) < 4.78 is 5.09. The maximum Gasteiger partial charge on any atom is 0.412 e. The fraction of sp³-hybridized carbons (Fsp3) is 0.364. The van der Waals surface area contributed by atoms with Gasteiger partial charge in [-0.25, -0.2) is 4.79 Å². The number of amides is 1. The Balaban J connectivity index is 0. The van der Waals surface area contributed by atoms with E-state index in [1.807, 2.05) is 0 Å². The Labute approximate surface area is 97.7 Å². The van der Waals surface area contributed by atoms with E-state index in [0.29, 0.717) is 17.1 Å². The molecule has 92 valence electrons. The molecule has 0 bridgehead atoms. The third-order valence-corrected chi connectivity index (χ3v) is 1.71. The molecule has 0 aromatic heterocycles. The first kappa shape index (κ1) is 12.2. The summed E-state index contributed by atoms with van der Waals surface area (Å²) in [5, 5.41) is 2.54. The van der Waals surface area contributed by atoms with Crippen molar-refractivity contribution in [3.05, 3.63) is 18.2 Å². The molecule has 0 saturated heterocycles. The molecule has 0 unspecified atom stereocenters. The largest absolute Gasteiger partial charge is 0.444 e. The molecule has 16 heavy (non-hydrogen) atoms. The normalized spacial score (nSPS) is 10.9. The SMILES string of the molecule is CC(C)(C)OC(=O)Nc1cc(N)ccc1N.[HH].[HH]. The Kier molecular flexibility index (Phi) is 3.27. The van der Waals surface area contributed by atoms with Crippen LogP contribution in [-0.2, 0) is 4.74 Å². The second-order valence-electron chi connectivity index (χ2n) is 4.47. The number of carbonyl (C=O) groups excluding carboxylic acids is 1. The Hall–Kier alpha value is -1.91. The Morgan fingerprint density at radius 3 is 2.56 bits per heavy atom. The Bertz CT molecular complexity index is 406. The van der Waals surface area contributed by atoms with Crippen LogP contribution in [0.5, 0.6) is 0 Å². The van der Waals surface area contributed by atoms with E-state index in [1.165, 1.54) is 0 Å². The van der Waals surface area contributed by atoms with Crippen LogP contribution in [0.4, 0.5) is 21.9 Å².